The fourth-order valence-electron chi connectivity index (χ4n) is 1.47. The molecule has 2 rings (SSSR count). The van der Waals surface area contributed by atoms with Crippen molar-refractivity contribution in [3.63, 3.8) is 0 Å². The third-order valence-corrected chi connectivity index (χ3v) is 3.42. The van der Waals surface area contributed by atoms with Crippen LogP contribution < -0.4 is 0 Å². The summed E-state index contributed by atoms with van der Waals surface area (Å²) in [7, 11) is 0. The first kappa shape index (κ1) is 10.1. The van der Waals surface area contributed by atoms with Crippen LogP contribution in [0.15, 0.2) is 18.5 Å². The Labute approximate surface area is 91.7 Å². The molecule has 0 aliphatic heterocycles. The number of thiophene rings is 1. The van der Waals surface area contributed by atoms with Crippen LogP contribution in [0, 0.1) is 6.92 Å². The lowest BCUT2D eigenvalue weighted by molar-refractivity contribution is 0.0531. The Morgan fingerprint density at radius 2 is 2.40 bits per heavy atom. The van der Waals surface area contributed by atoms with E-state index in [1.54, 1.807) is 12.4 Å². The third-order valence-electron chi connectivity index (χ3n) is 2.20. The van der Waals surface area contributed by atoms with Gasteiger partial charge in [-0.15, -0.1) is 11.3 Å². The number of rotatable bonds is 2. The molecule has 0 spiro atoms. The molecule has 78 valence electrons. The van der Waals surface area contributed by atoms with Gasteiger partial charge in [0.15, 0.2) is 0 Å². The van der Waals surface area contributed by atoms with Gasteiger partial charge in [0.2, 0.25) is 0 Å². The molecule has 0 radical (unpaired) electrons. The summed E-state index contributed by atoms with van der Waals surface area (Å²) >= 11 is 1.43. The number of carbonyl (C=O) groups excluding carboxylic acids is 1. The molecule has 0 aliphatic carbocycles. The maximum Gasteiger partial charge on any atom is 0.348 e. The van der Waals surface area contributed by atoms with Gasteiger partial charge in [-0.05, 0) is 30.9 Å². The Morgan fingerprint density at radius 1 is 1.60 bits per heavy atom. The fourth-order valence-corrected chi connectivity index (χ4v) is 2.54. The molecule has 2 aromatic heterocycles. The molecule has 15 heavy (non-hydrogen) atoms. The van der Waals surface area contributed by atoms with Crippen molar-refractivity contribution in [2.75, 3.05) is 6.61 Å². The molecular formula is C11H11NO2S. The second-order valence-corrected chi connectivity index (χ2v) is 4.20. The molecule has 4 heteroatoms. The van der Waals surface area contributed by atoms with Crippen LogP contribution in [-0.2, 0) is 4.74 Å². The summed E-state index contributed by atoms with van der Waals surface area (Å²) in [4.78, 5) is 16.3. The number of esters is 1. The normalized spacial score (nSPS) is 10.5. The first-order valence-electron chi connectivity index (χ1n) is 4.74. The predicted molar refractivity (Wildman–Crippen MR) is 60.3 cm³/mol. The average Bonchev–Trinajstić information content (AvgIpc) is 2.57. The molecule has 2 heterocycles. The first-order chi connectivity index (χ1) is 7.24. The van der Waals surface area contributed by atoms with Crippen molar-refractivity contribution >= 4 is 27.4 Å². The molecule has 2 aromatic rings. The van der Waals surface area contributed by atoms with Crippen LogP contribution in [0.25, 0.3) is 10.1 Å². The Kier molecular flexibility index (Phi) is 2.68. The predicted octanol–water partition coefficient (Wildman–Crippen LogP) is 2.78. The minimum Gasteiger partial charge on any atom is -0.462 e. The summed E-state index contributed by atoms with van der Waals surface area (Å²) in [6, 6.07) is 1.92. The number of aryl methyl sites for hydroxylation is 1. The van der Waals surface area contributed by atoms with Crippen molar-refractivity contribution in [3.8, 4) is 0 Å². The van der Waals surface area contributed by atoms with Crippen molar-refractivity contribution in [3.05, 3.63) is 28.9 Å². The van der Waals surface area contributed by atoms with Crippen molar-refractivity contribution in [2.45, 2.75) is 13.8 Å². The zero-order chi connectivity index (χ0) is 10.8. The Hall–Kier alpha value is -1.42. The largest absolute Gasteiger partial charge is 0.462 e. The quantitative estimate of drug-likeness (QED) is 0.732. The number of nitrogens with zero attached hydrogens (tertiary/aromatic N) is 1. The highest BCUT2D eigenvalue weighted by Gasteiger charge is 2.15. The zero-order valence-electron chi connectivity index (χ0n) is 8.61. The van der Waals surface area contributed by atoms with Gasteiger partial charge in [-0.1, -0.05) is 0 Å². The SMILES string of the molecule is CCOC(=O)c1sc2cnccc2c1C. The monoisotopic (exact) mass is 221 g/mol. The molecule has 0 aromatic carbocycles. The van der Waals surface area contributed by atoms with Crippen LogP contribution >= 0.6 is 11.3 Å². The van der Waals surface area contributed by atoms with E-state index in [-0.39, 0.29) is 5.97 Å². The zero-order valence-corrected chi connectivity index (χ0v) is 9.43. The van der Waals surface area contributed by atoms with Crippen LogP contribution in [0.4, 0.5) is 0 Å². The molecule has 0 saturated carbocycles. The molecular weight excluding hydrogens is 210 g/mol. The van der Waals surface area contributed by atoms with E-state index in [9.17, 15) is 4.79 Å². The van der Waals surface area contributed by atoms with E-state index >= 15 is 0 Å². The van der Waals surface area contributed by atoms with E-state index in [0.717, 1.165) is 15.6 Å². The van der Waals surface area contributed by atoms with Gasteiger partial charge in [0, 0.05) is 12.4 Å². The van der Waals surface area contributed by atoms with Gasteiger partial charge in [-0.25, -0.2) is 4.79 Å². The minimum atomic E-state index is -0.240. The van der Waals surface area contributed by atoms with E-state index in [1.807, 2.05) is 19.9 Å². The lowest BCUT2D eigenvalue weighted by Crippen LogP contribution is -2.03. The molecule has 0 amide bonds. The summed E-state index contributed by atoms with van der Waals surface area (Å²) in [6.07, 6.45) is 3.51. The van der Waals surface area contributed by atoms with Gasteiger partial charge in [0.25, 0.3) is 0 Å². The molecule has 0 saturated heterocycles. The number of fused-ring (bicyclic) bond motifs is 1. The van der Waals surface area contributed by atoms with Gasteiger partial charge < -0.3 is 4.74 Å². The van der Waals surface area contributed by atoms with Gasteiger partial charge in [0.1, 0.15) is 4.88 Å². The molecule has 0 atom stereocenters. The van der Waals surface area contributed by atoms with Crippen molar-refractivity contribution in [2.24, 2.45) is 0 Å². The van der Waals surface area contributed by atoms with E-state index in [0.29, 0.717) is 11.5 Å². The van der Waals surface area contributed by atoms with E-state index in [2.05, 4.69) is 4.98 Å². The van der Waals surface area contributed by atoms with Gasteiger partial charge in [-0.3, -0.25) is 4.98 Å². The van der Waals surface area contributed by atoms with Crippen molar-refractivity contribution in [1.82, 2.24) is 4.98 Å². The first-order valence-corrected chi connectivity index (χ1v) is 5.56. The van der Waals surface area contributed by atoms with E-state index < -0.39 is 0 Å². The van der Waals surface area contributed by atoms with E-state index in [4.69, 9.17) is 4.74 Å². The van der Waals surface area contributed by atoms with Crippen LogP contribution in [0.3, 0.4) is 0 Å². The molecule has 0 unspecified atom stereocenters. The molecule has 0 N–H and O–H groups in total. The number of hydrogen-bond donors (Lipinski definition) is 0. The number of pyridine rings is 1. The van der Waals surface area contributed by atoms with Gasteiger partial charge >= 0.3 is 5.97 Å². The lowest BCUT2D eigenvalue weighted by Gasteiger charge is -1.98. The number of ether oxygens (including phenoxy) is 1. The number of carbonyl (C=O) groups is 1. The van der Waals surface area contributed by atoms with Gasteiger partial charge in [0.05, 0.1) is 11.3 Å². The second-order valence-electron chi connectivity index (χ2n) is 3.15. The van der Waals surface area contributed by atoms with Crippen LogP contribution in [0.5, 0.6) is 0 Å². The number of aromatic nitrogens is 1. The maximum absolute atomic E-state index is 11.6. The van der Waals surface area contributed by atoms with Crippen molar-refractivity contribution in [1.29, 1.82) is 0 Å². The fraction of sp³-hybridized carbons (Fsp3) is 0.273. The van der Waals surface area contributed by atoms with Gasteiger partial charge in [-0.2, -0.15) is 0 Å². The highest BCUT2D eigenvalue weighted by atomic mass is 32.1. The molecule has 0 fully saturated rings. The topological polar surface area (TPSA) is 39.2 Å². The third kappa shape index (κ3) is 1.72. The summed E-state index contributed by atoms with van der Waals surface area (Å²) < 4.78 is 6.02. The molecule has 3 nitrogen and oxygen atoms in total. The minimum absolute atomic E-state index is 0.240. The van der Waals surface area contributed by atoms with Crippen LogP contribution in [0.2, 0.25) is 0 Å². The Morgan fingerprint density at radius 3 is 3.07 bits per heavy atom. The second kappa shape index (κ2) is 3.98. The Balaban J connectivity index is 2.53. The molecule has 0 aliphatic rings. The lowest BCUT2D eigenvalue weighted by atomic mass is 10.2. The van der Waals surface area contributed by atoms with E-state index in [1.165, 1.54) is 11.3 Å². The standard InChI is InChI=1S/C11H11NO2S/c1-3-14-11(13)10-7(2)8-4-5-12-6-9(8)15-10/h4-6H,3H2,1-2H3. The summed E-state index contributed by atoms with van der Waals surface area (Å²) in [5.74, 6) is -0.240. The van der Waals surface area contributed by atoms with Crippen LogP contribution in [-0.4, -0.2) is 17.6 Å². The number of hydrogen-bond acceptors (Lipinski definition) is 4. The summed E-state index contributed by atoms with van der Waals surface area (Å²) in [5.41, 5.74) is 0.982. The van der Waals surface area contributed by atoms with Crippen LogP contribution in [0.1, 0.15) is 22.2 Å². The van der Waals surface area contributed by atoms with Crippen molar-refractivity contribution < 1.29 is 9.53 Å². The average molecular weight is 221 g/mol. The summed E-state index contributed by atoms with van der Waals surface area (Å²) in [6.45, 7) is 4.15. The highest BCUT2D eigenvalue weighted by molar-refractivity contribution is 7.21. The molecule has 0 bridgehead atoms. The Bertz CT molecular complexity index is 504. The maximum atomic E-state index is 11.6. The summed E-state index contributed by atoms with van der Waals surface area (Å²) in [5, 5.41) is 1.08. The smallest absolute Gasteiger partial charge is 0.348 e. The highest BCUT2D eigenvalue weighted by Crippen LogP contribution is 2.30.